The summed E-state index contributed by atoms with van der Waals surface area (Å²) in [5.41, 5.74) is 1.26. The van der Waals surface area contributed by atoms with Crippen LogP contribution in [0.2, 0.25) is 0 Å². The van der Waals surface area contributed by atoms with Crippen molar-refractivity contribution in [1.29, 1.82) is 0 Å². The summed E-state index contributed by atoms with van der Waals surface area (Å²) in [7, 11) is 7.52. The number of hydrogen-bond acceptors (Lipinski definition) is 6. The van der Waals surface area contributed by atoms with Crippen molar-refractivity contribution in [1.82, 2.24) is 4.90 Å². The van der Waals surface area contributed by atoms with Gasteiger partial charge in [0.1, 0.15) is 5.92 Å². The number of hydrogen-bond donors (Lipinski definition) is 1. The molecule has 0 fully saturated rings. The molecule has 0 saturated heterocycles. The minimum atomic E-state index is -1.06. The number of fused-ring (bicyclic) bond motifs is 1. The standard InChI is InChI=1S/C21H23NO7/c1-22-19(11-6-7-14(26-2)15(8-11)27-3)18(21(24)25)12-9-16(28-4)17(29-5)10-13(12)20(22)23/h6-10,18-19H,1-5H3,(H,24,25). The van der Waals surface area contributed by atoms with Gasteiger partial charge in [-0.25, -0.2) is 0 Å². The maximum atomic E-state index is 13.1. The van der Waals surface area contributed by atoms with Crippen molar-refractivity contribution in [2.75, 3.05) is 35.5 Å². The second-order valence-corrected chi connectivity index (χ2v) is 6.59. The van der Waals surface area contributed by atoms with Gasteiger partial charge in [0.25, 0.3) is 5.91 Å². The number of methoxy groups -OCH3 is 4. The van der Waals surface area contributed by atoms with Crippen molar-refractivity contribution in [3.8, 4) is 23.0 Å². The molecule has 1 N–H and O–H groups in total. The van der Waals surface area contributed by atoms with Crippen LogP contribution < -0.4 is 18.9 Å². The predicted octanol–water partition coefficient (Wildman–Crippen LogP) is 2.72. The van der Waals surface area contributed by atoms with Gasteiger partial charge in [-0.3, -0.25) is 9.59 Å². The minimum Gasteiger partial charge on any atom is -0.493 e. The molecule has 2 atom stereocenters. The zero-order valence-corrected chi connectivity index (χ0v) is 16.9. The van der Waals surface area contributed by atoms with Gasteiger partial charge in [0.05, 0.1) is 34.5 Å². The smallest absolute Gasteiger partial charge is 0.313 e. The summed E-state index contributed by atoms with van der Waals surface area (Å²) in [6.07, 6.45) is 0. The molecule has 29 heavy (non-hydrogen) atoms. The third-order valence-electron chi connectivity index (χ3n) is 5.19. The van der Waals surface area contributed by atoms with E-state index in [4.69, 9.17) is 18.9 Å². The molecule has 0 aromatic heterocycles. The van der Waals surface area contributed by atoms with Crippen molar-refractivity contribution >= 4 is 11.9 Å². The number of benzene rings is 2. The number of likely N-dealkylation sites (N-methyl/N-ethyl adjacent to an activating group) is 1. The Hall–Kier alpha value is -3.42. The zero-order chi connectivity index (χ0) is 21.3. The van der Waals surface area contributed by atoms with Crippen molar-refractivity contribution in [3.63, 3.8) is 0 Å². The van der Waals surface area contributed by atoms with Crippen molar-refractivity contribution in [2.24, 2.45) is 0 Å². The molecule has 154 valence electrons. The van der Waals surface area contributed by atoms with Crippen LogP contribution in [0.25, 0.3) is 0 Å². The number of aliphatic carboxylic acids is 1. The summed E-state index contributed by atoms with van der Waals surface area (Å²) in [5.74, 6) is -0.683. The summed E-state index contributed by atoms with van der Waals surface area (Å²) in [6.45, 7) is 0. The largest absolute Gasteiger partial charge is 0.493 e. The van der Waals surface area contributed by atoms with Crippen LogP contribution in [0.4, 0.5) is 0 Å². The molecule has 0 saturated carbocycles. The summed E-state index contributed by atoms with van der Waals surface area (Å²) < 4.78 is 21.2. The second kappa shape index (κ2) is 7.90. The van der Waals surface area contributed by atoms with Crippen LogP contribution in [0.5, 0.6) is 23.0 Å². The molecule has 1 amide bonds. The van der Waals surface area contributed by atoms with E-state index in [9.17, 15) is 14.7 Å². The highest BCUT2D eigenvalue weighted by Gasteiger charge is 2.44. The summed E-state index contributed by atoms with van der Waals surface area (Å²) in [6, 6.07) is 7.45. The quantitative estimate of drug-likeness (QED) is 0.795. The second-order valence-electron chi connectivity index (χ2n) is 6.59. The fraction of sp³-hybridized carbons (Fsp3) is 0.333. The number of carboxylic acid groups (broad SMARTS) is 1. The van der Waals surface area contributed by atoms with Gasteiger partial charge in [-0.15, -0.1) is 0 Å². The van der Waals surface area contributed by atoms with Gasteiger partial charge in [0.2, 0.25) is 0 Å². The van der Waals surface area contributed by atoms with Gasteiger partial charge in [0, 0.05) is 12.6 Å². The van der Waals surface area contributed by atoms with Gasteiger partial charge in [-0.05, 0) is 35.4 Å². The lowest BCUT2D eigenvalue weighted by Gasteiger charge is -2.39. The fourth-order valence-electron chi connectivity index (χ4n) is 3.77. The molecule has 0 radical (unpaired) electrons. The van der Waals surface area contributed by atoms with Crippen LogP contribution in [0, 0.1) is 0 Å². The van der Waals surface area contributed by atoms with E-state index in [1.165, 1.54) is 39.4 Å². The van der Waals surface area contributed by atoms with Crippen molar-refractivity contribution in [3.05, 3.63) is 47.0 Å². The van der Waals surface area contributed by atoms with E-state index in [2.05, 4.69) is 0 Å². The van der Waals surface area contributed by atoms with Gasteiger partial charge < -0.3 is 29.0 Å². The van der Waals surface area contributed by atoms with E-state index in [-0.39, 0.29) is 11.5 Å². The maximum absolute atomic E-state index is 13.1. The molecule has 0 aliphatic carbocycles. The third kappa shape index (κ3) is 3.30. The molecule has 2 aromatic rings. The Labute approximate surface area is 168 Å². The van der Waals surface area contributed by atoms with E-state index in [0.29, 0.717) is 34.1 Å². The molecule has 1 heterocycles. The van der Waals surface area contributed by atoms with E-state index in [1.807, 2.05) is 0 Å². The molecular formula is C21H23NO7. The average Bonchev–Trinajstić information content (AvgIpc) is 2.74. The number of carbonyl (C=O) groups is 2. The number of rotatable bonds is 6. The first kappa shape index (κ1) is 20.3. The third-order valence-corrected chi connectivity index (χ3v) is 5.19. The SMILES string of the molecule is COc1ccc(C2C(C(=O)O)c3cc(OC)c(OC)cc3C(=O)N2C)cc1OC. The predicted molar refractivity (Wildman–Crippen MR) is 104 cm³/mol. The topological polar surface area (TPSA) is 94.5 Å². The molecule has 1 aliphatic rings. The lowest BCUT2D eigenvalue weighted by molar-refractivity contribution is -0.140. The Morgan fingerprint density at radius 3 is 2.00 bits per heavy atom. The molecule has 0 spiro atoms. The highest BCUT2D eigenvalue weighted by Crippen LogP contribution is 2.46. The summed E-state index contributed by atoms with van der Waals surface area (Å²) in [5, 5.41) is 10.1. The normalized spacial score (nSPS) is 18.1. The summed E-state index contributed by atoms with van der Waals surface area (Å²) >= 11 is 0. The molecule has 8 heteroatoms. The van der Waals surface area contributed by atoms with Gasteiger partial charge in [-0.1, -0.05) is 6.07 Å². The first-order valence-corrected chi connectivity index (χ1v) is 8.85. The Kier molecular flexibility index (Phi) is 5.54. The number of amides is 1. The van der Waals surface area contributed by atoms with Crippen LogP contribution in [0.3, 0.4) is 0 Å². The monoisotopic (exact) mass is 401 g/mol. The fourth-order valence-corrected chi connectivity index (χ4v) is 3.77. The van der Waals surface area contributed by atoms with Crippen molar-refractivity contribution < 1.29 is 33.6 Å². The Bertz CT molecular complexity index is 956. The number of carboxylic acids is 1. The van der Waals surface area contributed by atoms with Gasteiger partial charge >= 0.3 is 5.97 Å². The maximum Gasteiger partial charge on any atom is 0.313 e. The Balaban J connectivity index is 2.22. The van der Waals surface area contributed by atoms with Gasteiger partial charge in [0.15, 0.2) is 23.0 Å². The number of carbonyl (C=O) groups excluding carboxylic acids is 1. The van der Waals surface area contributed by atoms with E-state index >= 15 is 0 Å². The van der Waals surface area contributed by atoms with Crippen LogP contribution in [0.15, 0.2) is 30.3 Å². The molecule has 3 rings (SSSR count). The van der Waals surface area contributed by atoms with Crippen LogP contribution >= 0.6 is 0 Å². The lowest BCUT2D eigenvalue weighted by atomic mass is 9.79. The van der Waals surface area contributed by atoms with Crippen molar-refractivity contribution in [2.45, 2.75) is 12.0 Å². The molecule has 2 unspecified atom stereocenters. The average molecular weight is 401 g/mol. The van der Waals surface area contributed by atoms with E-state index in [0.717, 1.165) is 0 Å². The molecule has 8 nitrogen and oxygen atoms in total. The zero-order valence-electron chi connectivity index (χ0n) is 16.9. The van der Waals surface area contributed by atoms with Gasteiger partial charge in [-0.2, -0.15) is 0 Å². The van der Waals surface area contributed by atoms with E-state index in [1.54, 1.807) is 31.3 Å². The molecule has 0 bridgehead atoms. The first-order chi connectivity index (χ1) is 13.9. The highest BCUT2D eigenvalue weighted by atomic mass is 16.5. The first-order valence-electron chi connectivity index (χ1n) is 8.85. The Morgan fingerprint density at radius 1 is 0.897 bits per heavy atom. The van der Waals surface area contributed by atoms with E-state index < -0.39 is 17.9 Å². The number of ether oxygens (including phenoxy) is 4. The lowest BCUT2D eigenvalue weighted by Crippen LogP contribution is -2.42. The molecule has 2 aromatic carbocycles. The number of nitrogens with zero attached hydrogens (tertiary/aromatic N) is 1. The molecule has 1 aliphatic heterocycles. The van der Waals surface area contributed by atoms with Crippen LogP contribution in [-0.4, -0.2) is 57.4 Å². The highest BCUT2D eigenvalue weighted by molar-refractivity contribution is 6.01. The Morgan fingerprint density at radius 2 is 1.45 bits per heavy atom. The minimum absolute atomic E-state index is 0.272. The van der Waals surface area contributed by atoms with Crippen LogP contribution in [0.1, 0.15) is 33.4 Å². The summed E-state index contributed by atoms with van der Waals surface area (Å²) in [4.78, 5) is 26.8. The van der Waals surface area contributed by atoms with Crippen LogP contribution in [-0.2, 0) is 4.79 Å². The molecular weight excluding hydrogens is 378 g/mol.